The number of aromatic nitrogens is 4. The third-order valence-corrected chi connectivity index (χ3v) is 5.26. The molecule has 2 aromatic heterocycles. The molecule has 0 bridgehead atoms. The van der Waals surface area contributed by atoms with Crippen molar-refractivity contribution in [1.82, 2.24) is 25.3 Å². The highest BCUT2D eigenvalue weighted by Crippen LogP contribution is 2.34. The summed E-state index contributed by atoms with van der Waals surface area (Å²) in [6.45, 7) is 0.760. The molecular formula is C21H21N5O4. The number of rotatable bonds is 6. The maximum atomic E-state index is 12.3. The molecule has 9 nitrogen and oxygen atoms in total. The molecule has 154 valence electrons. The lowest BCUT2D eigenvalue weighted by Gasteiger charge is -2.18. The van der Waals surface area contributed by atoms with Gasteiger partial charge < -0.3 is 19.5 Å². The largest absolute Gasteiger partial charge is 0.484 e. The van der Waals surface area contributed by atoms with Crippen LogP contribution in [0.5, 0.6) is 5.75 Å². The van der Waals surface area contributed by atoms with Crippen LogP contribution in [0.2, 0.25) is 0 Å². The first-order valence-corrected chi connectivity index (χ1v) is 9.81. The van der Waals surface area contributed by atoms with Crippen LogP contribution < -0.4 is 10.1 Å². The molecule has 1 amide bonds. The van der Waals surface area contributed by atoms with Crippen molar-refractivity contribution in [2.24, 2.45) is 0 Å². The summed E-state index contributed by atoms with van der Waals surface area (Å²) in [4.78, 5) is 16.6. The first-order chi connectivity index (χ1) is 14.8. The van der Waals surface area contributed by atoms with E-state index in [1.165, 1.54) is 0 Å². The minimum absolute atomic E-state index is 0.0577. The van der Waals surface area contributed by atoms with E-state index in [-0.39, 0.29) is 36.8 Å². The van der Waals surface area contributed by atoms with E-state index >= 15 is 0 Å². The van der Waals surface area contributed by atoms with Crippen LogP contribution in [0, 0.1) is 0 Å². The smallest absolute Gasteiger partial charge is 0.258 e. The highest BCUT2D eigenvalue weighted by Gasteiger charge is 2.49. The van der Waals surface area contributed by atoms with Gasteiger partial charge in [-0.25, -0.2) is 4.68 Å². The molecule has 2 saturated heterocycles. The second-order valence-electron chi connectivity index (χ2n) is 7.24. The lowest BCUT2D eigenvalue weighted by Crippen LogP contribution is -2.45. The number of hydrogen-bond donors (Lipinski definition) is 1. The third kappa shape index (κ3) is 3.77. The Kier molecular flexibility index (Phi) is 5.12. The van der Waals surface area contributed by atoms with E-state index in [1.807, 2.05) is 54.7 Å². The second-order valence-corrected chi connectivity index (χ2v) is 7.24. The van der Waals surface area contributed by atoms with Crippen molar-refractivity contribution in [3.05, 3.63) is 60.9 Å². The second kappa shape index (κ2) is 8.21. The first-order valence-electron chi connectivity index (χ1n) is 9.81. The number of fused-ring (bicyclic) bond motifs is 1. The van der Waals surface area contributed by atoms with Crippen LogP contribution in [0.15, 0.2) is 60.9 Å². The Bertz CT molecular complexity index is 997. The minimum Gasteiger partial charge on any atom is -0.484 e. The number of ether oxygens (including phenoxy) is 3. The van der Waals surface area contributed by atoms with Gasteiger partial charge in [-0.3, -0.25) is 9.78 Å². The number of pyridine rings is 1. The van der Waals surface area contributed by atoms with Crippen molar-refractivity contribution in [2.45, 2.75) is 24.3 Å². The fraction of sp³-hybridized carbons (Fsp3) is 0.333. The predicted octanol–water partition coefficient (Wildman–Crippen LogP) is 1.24. The van der Waals surface area contributed by atoms with Gasteiger partial charge in [0.05, 0.1) is 31.1 Å². The maximum Gasteiger partial charge on any atom is 0.258 e. The van der Waals surface area contributed by atoms with Gasteiger partial charge >= 0.3 is 0 Å². The molecule has 4 heterocycles. The summed E-state index contributed by atoms with van der Waals surface area (Å²) in [5.41, 5.74) is 1.45. The van der Waals surface area contributed by atoms with E-state index in [2.05, 4.69) is 20.6 Å². The molecule has 0 aliphatic carbocycles. The van der Waals surface area contributed by atoms with Crippen LogP contribution in [0.1, 0.15) is 6.04 Å². The molecule has 2 aliphatic heterocycles. The zero-order chi connectivity index (χ0) is 20.3. The van der Waals surface area contributed by atoms with Gasteiger partial charge in [-0.05, 0) is 24.3 Å². The Hall–Kier alpha value is -3.30. The lowest BCUT2D eigenvalue weighted by atomic mass is 10.1. The molecule has 1 N–H and O–H groups in total. The van der Waals surface area contributed by atoms with Gasteiger partial charge in [-0.2, -0.15) is 0 Å². The van der Waals surface area contributed by atoms with Crippen LogP contribution in [0.25, 0.3) is 11.4 Å². The highest BCUT2D eigenvalue weighted by molar-refractivity contribution is 5.78. The topological polar surface area (TPSA) is 100 Å². The Morgan fingerprint density at radius 3 is 2.73 bits per heavy atom. The fourth-order valence-corrected chi connectivity index (χ4v) is 3.81. The molecule has 0 spiro atoms. The number of nitrogens with zero attached hydrogens (tertiary/aromatic N) is 4. The van der Waals surface area contributed by atoms with E-state index in [0.29, 0.717) is 24.7 Å². The summed E-state index contributed by atoms with van der Waals surface area (Å²) in [5, 5.41) is 11.4. The molecule has 4 atom stereocenters. The quantitative estimate of drug-likeness (QED) is 0.656. The summed E-state index contributed by atoms with van der Waals surface area (Å²) in [6, 6.07) is 14.5. The molecule has 0 saturated carbocycles. The summed E-state index contributed by atoms with van der Waals surface area (Å²) in [6.07, 6.45) is 3.13. The molecule has 3 aromatic rings. The standard InChI is InChI=1S/C21H21N5O4/c27-19(13-28-14-6-2-1-3-7-14)23-17-11-29-21-18(12-30-20(17)21)26-10-16(24-25-26)15-8-4-5-9-22-15/h1-10,17-18,20-21H,11-13H2,(H,23,27)/t17-,18-,20+,21+/m0/s1. The van der Waals surface area contributed by atoms with Crippen LogP contribution in [0.3, 0.4) is 0 Å². The number of hydrogen-bond acceptors (Lipinski definition) is 7. The van der Waals surface area contributed by atoms with E-state index in [4.69, 9.17) is 14.2 Å². The van der Waals surface area contributed by atoms with Gasteiger partial charge in [0.25, 0.3) is 5.91 Å². The molecule has 30 heavy (non-hydrogen) atoms. The molecule has 0 unspecified atom stereocenters. The van der Waals surface area contributed by atoms with Crippen molar-refractivity contribution in [3.8, 4) is 17.1 Å². The van der Waals surface area contributed by atoms with E-state index in [0.717, 1.165) is 5.69 Å². The van der Waals surface area contributed by atoms with Gasteiger partial charge in [0.1, 0.15) is 29.7 Å². The average molecular weight is 407 g/mol. The number of nitrogens with one attached hydrogen (secondary N) is 1. The number of benzene rings is 1. The molecule has 5 rings (SSSR count). The molecule has 9 heteroatoms. The van der Waals surface area contributed by atoms with Crippen LogP contribution >= 0.6 is 0 Å². The van der Waals surface area contributed by atoms with Gasteiger partial charge in [0.2, 0.25) is 0 Å². The third-order valence-electron chi connectivity index (χ3n) is 5.26. The van der Waals surface area contributed by atoms with Crippen molar-refractivity contribution in [1.29, 1.82) is 0 Å². The van der Waals surface area contributed by atoms with Crippen molar-refractivity contribution in [3.63, 3.8) is 0 Å². The maximum absolute atomic E-state index is 12.3. The average Bonchev–Trinajstić information content (AvgIpc) is 3.51. The summed E-state index contributed by atoms with van der Waals surface area (Å²) >= 11 is 0. The molecule has 0 radical (unpaired) electrons. The predicted molar refractivity (Wildman–Crippen MR) is 106 cm³/mol. The normalized spacial score (nSPS) is 25.1. The van der Waals surface area contributed by atoms with Crippen LogP contribution in [0.4, 0.5) is 0 Å². The van der Waals surface area contributed by atoms with Crippen molar-refractivity contribution >= 4 is 5.91 Å². The Morgan fingerprint density at radius 1 is 1.07 bits per heavy atom. The monoisotopic (exact) mass is 407 g/mol. The number of carbonyl (C=O) groups is 1. The molecule has 2 aliphatic rings. The van der Waals surface area contributed by atoms with Crippen molar-refractivity contribution < 1.29 is 19.0 Å². The Labute approximate surface area is 173 Å². The molecular weight excluding hydrogens is 386 g/mol. The number of amides is 1. The van der Waals surface area contributed by atoms with Gasteiger partial charge in [-0.15, -0.1) is 5.10 Å². The Morgan fingerprint density at radius 2 is 1.90 bits per heavy atom. The summed E-state index contributed by atoms with van der Waals surface area (Å²) in [7, 11) is 0. The lowest BCUT2D eigenvalue weighted by molar-refractivity contribution is -0.124. The summed E-state index contributed by atoms with van der Waals surface area (Å²) < 4.78 is 19.2. The van der Waals surface area contributed by atoms with Gasteiger partial charge in [0, 0.05) is 6.20 Å². The Balaban J connectivity index is 1.19. The van der Waals surface area contributed by atoms with E-state index in [1.54, 1.807) is 10.9 Å². The zero-order valence-corrected chi connectivity index (χ0v) is 16.1. The number of para-hydroxylation sites is 1. The van der Waals surface area contributed by atoms with E-state index in [9.17, 15) is 4.79 Å². The summed E-state index contributed by atoms with van der Waals surface area (Å²) in [5.74, 6) is 0.443. The van der Waals surface area contributed by atoms with Crippen molar-refractivity contribution in [2.75, 3.05) is 19.8 Å². The minimum atomic E-state index is -0.238. The number of carbonyl (C=O) groups excluding carboxylic acids is 1. The first kappa shape index (κ1) is 18.7. The molecule has 1 aromatic carbocycles. The van der Waals surface area contributed by atoms with Gasteiger partial charge in [-0.1, -0.05) is 29.5 Å². The molecule has 2 fully saturated rings. The van der Waals surface area contributed by atoms with Crippen LogP contribution in [-0.4, -0.2) is 64.0 Å². The zero-order valence-electron chi connectivity index (χ0n) is 16.1. The SMILES string of the molecule is O=C(COc1ccccc1)N[C@H]1CO[C@H]2[C@@H]1OC[C@@H]2n1cc(-c2ccccn2)nn1. The van der Waals surface area contributed by atoms with Crippen LogP contribution in [-0.2, 0) is 14.3 Å². The fourth-order valence-electron chi connectivity index (χ4n) is 3.81. The highest BCUT2D eigenvalue weighted by atomic mass is 16.6. The van der Waals surface area contributed by atoms with E-state index < -0.39 is 0 Å². The van der Waals surface area contributed by atoms with Gasteiger partial charge in [0.15, 0.2) is 6.61 Å².